The van der Waals surface area contributed by atoms with Gasteiger partial charge in [-0.15, -0.1) is 0 Å². The van der Waals surface area contributed by atoms with Crippen molar-refractivity contribution in [2.45, 2.75) is 13.5 Å². The molecule has 0 fully saturated rings. The first-order valence-electron chi connectivity index (χ1n) is 5.44. The minimum Gasteiger partial charge on any atom is -0.481 e. The highest BCUT2D eigenvalue weighted by Crippen LogP contribution is 2.14. The van der Waals surface area contributed by atoms with Crippen LogP contribution >= 0.6 is 0 Å². The second-order valence-electron chi connectivity index (χ2n) is 3.71. The van der Waals surface area contributed by atoms with Crippen molar-refractivity contribution in [3.05, 3.63) is 47.9 Å². The van der Waals surface area contributed by atoms with Gasteiger partial charge in [-0.1, -0.05) is 6.07 Å². The van der Waals surface area contributed by atoms with Gasteiger partial charge in [-0.2, -0.15) is 0 Å². The second kappa shape index (κ2) is 5.30. The van der Waals surface area contributed by atoms with Crippen LogP contribution in [0.25, 0.3) is 0 Å². The number of hydrogen-bond acceptors (Lipinski definition) is 4. The number of anilines is 1. The zero-order valence-electron chi connectivity index (χ0n) is 9.97. The number of hydrogen-bond donors (Lipinski definition) is 1. The van der Waals surface area contributed by atoms with E-state index in [9.17, 15) is 0 Å². The van der Waals surface area contributed by atoms with Crippen molar-refractivity contribution in [2.24, 2.45) is 0 Å². The van der Waals surface area contributed by atoms with E-state index in [1.807, 2.05) is 37.3 Å². The molecular formula is C13H15N3O. The summed E-state index contributed by atoms with van der Waals surface area (Å²) in [5.41, 5.74) is 3.01. The van der Waals surface area contributed by atoms with E-state index in [2.05, 4.69) is 15.3 Å². The van der Waals surface area contributed by atoms with E-state index in [-0.39, 0.29) is 0 Å². The number of methoxy groups -OCH3 is 1. The summed E-state index contributed by atoms with van der Waals surface area (Å²) in [6.45, 7) is 2.67. The van der Waals surface area contributed by atoms with E-state index in [1.54, 1.807) is 13.3 Å². The summed E-state index contributed by atoms with van der Waals surface area (Å²) in [7, 11) is 1.61. The van der Waals surface area contributed by atoms with Crippen LogP contribution in [0.4, 0.5) is 5.69 Å². The zero-order valence-corrected chi connectivity index (χ0v) is 9.97. The summed E-state index contributed by atoms with van der Waals surface area (Å²) >= 11 is 0. The van der Waals surface area contributed by atoms with Crippen molar-refractivity contribution in [2.75, 3.05) is 12.4 Å². The Balaban J connectivity index is 2.02. The minimum atomic E-state index is 0.604. The van der Waals surface area contributed by atoms with E-state index in [1.165, 1.54) is 0 Å². The lowest BCUT2D eigenvalue weighted by Gasteiger charge is -2.07. The van der Waals surface area contributed by atoms with Crippen LogP contribution in [0.3, 0.4) is 0 Å². The average molecular weight is 229 g/mol. The van der Waals surface area contributed by atoms with Crippen LogP contribution < -0.4 is 10.1 Å². The van der Waals surface area contributed by atoms with Crippen LogP contribution in [-0.4, -0.2) is 17.1 Å². The molecule has 1 N–H and O–H groups in total. The third-order valence-corrected chi connectivity index (χ3v) is 2.36. The Bertz CT molecular complexity index is 500. The van der Waals surface area contributed by atoms with Crippen LogP contribution in [0.1, 0.15) is 11.4 Å². The molecule has 0 spiro atoms. The lowest BCUT2D eigenvalue weighted by molar-refractivity contribution is 0.398. The molecule has 0 unspecified atom stereocenters. The molecular weight excluding hydrogens is 214 g/mol. The van der Waals surface area contributed by atoms with Gasteiger partial charge in [0.1, 0.15) is 0 Å². The van der Waals surface area contributed by atoms with E-state index >= 15 is 0 Å². The van der Waals surface area contributed by atoms with E-state index in [0.29, 0.717) is 12.4 Å². The van der Waals surface area contributed by atoms with Crippen LogP contribution in [-0.2, 0) is 6.54 Å². The molecule has 4 heteroatoms. The number of pyridine rings is 2. The van der Waals surface area contributed by atoms with Gasteiger partial charge >= 0.3 is 0 Å². The smallest absolute Gasteiger partial charge is 0.214 e. The van der Waals surface area contributed by atoms with Crippen molar-refractivity contribution in [3.8, 4) is 5.88 Å². The van der Waals surface area contributed by atoms with E-state index < -0.39 is 0 Å². The minimum absolute atomic E-state index is 0.604. The summed E-state index contributed by atoms with van der Waals surface area (Å²) in [5.74, 6) is 0.604. The Hall–Kier alpha value is -2.10. The van der Waals surface area contributed by atoms with E-state index in [0.717, 1.165) is 17.1 Å². The van der Waals surface area contributed by atoms with Crippen molar-refractivity contribution < 1.29 is 4.74 Å². The van der Waals surface area contributed by atoms with Crippen LogP contribution in [0.5, 0.6) is 5.88 Å². The summed E-state index contributed by atoms with van der Waals surface area (Å²) in [6.07, 6.45) is 1.71. The van der Waals surface area contributed by atoms with Gasteiger partial charge in [-0.05, 0) is 25.1 Å². The molecule has 17 heavy (non-hydrogen) atoms. The highest BCUT2D eigenvalue weighted by Gasteiger charge is 1.98. The van der Waals surface area contributed by atoms with Crippen molar-refractivity contribution in [1.82, 2.24) is 9.97 Å². The number of ether oxygens (including phenoxy) is 1. The molecule has 2 heterocycles. The molecule has 0 saturated heterocycles. The van der Waals surface area contributed by atoms with Gasteiger partial charge in [0.05, 0.1) is 19.3 Å². The Morgan fingerprint density at radius 3 is 2.94 bits per heavy atom. The molecule has 0 aliphatic rings. The predicted molar refractivity (Wildman–Crippen MR) is 67.1 cm³/mol. The molecule has 0 amide bonds. The maximum Gasteiger partial charge on any atom is 0.214 e. The molecule has 0 atom stereocenters. The molecule has 88 valence electrons. The Morgan fingerprint density at radius 2 is 2.18 bits per heavy atom. The van der Waals surface area contributed by atoms with Gasteiger partial charge in [-0.3, -0.25) is 4.98 Å². The number of aromatic nitrogens is 2. The standard InChI is InChI=1S/C13H15N3O/c1-10-4-3-5-12(16-10)9-15-11-6-7-14-13(8-11)17-2/h3-8H,9H2,1-2H3,(H,14,15). The fourth-order valence-corrected chi connectivity index (χ4v) is 1.52. The van der Waals surface area contributed by atoms with E-state index in [4.69, 9.17) is 4.74 Å². The first-order chi connectivity index (χ1) is 8.28. The van der Waals surface area contributed by atoms with Gasteiger partial charge in [-0.25, -0.2) is 4.98 Å². The Kier molecular flexibility index (Phi) is 3.55. The fraction of sp³-hybridized carbons (Fsp3) is 0.231. The molecule has 0 aromatic carbocycles. The lowest BCUT2D eigenvalue weighted by Crippen LogP contribution is -2.02. The molecule has 0 saturated carbocycles. The normalized spacial score (nSPS) is 10.0. The topological polar surface area (TPSA) is 47.0 Å². The number of rotatable bonds is 4. The third kappa shape index (κ3) is 3.17. The van der Waals surface area contributed by atoms with Crippen molar-refractivity contribution in [1.29, 1.82) is 0 Å². The predicted octanol–water partition coefficient (Wildman–Crippen LogP) is 2.41. The van der Waals surface area contributed by atoms with Gasteiger partial charge in [0.2, 0.25) is 5.88 Å². The molecule has 0 aliphatic carbocycles. The molecule has 0 radical (unpaired) electrons. The zero-order chi connectivity index (χ0) is 12.1. The highest BCUT2D eigenvalue weighted by atomic mass is 16.5. The monoisotopic (exact) mass is 229 g/mol. The largest absolute Gasteiger partial charge is 0.481 e. The summed E-state index contributed by atoms with van der Waals surface area (Å²) in [5, 5.41) is 3.28. The Labute approximate surface area is 101 Å². The molecule has 4 nitrogen and oxygen atoms in total. The third-order valence-electron chi connectivity index (χ3n) is 2.36. The van der Waals surface area contributed by atoms with Gasteiger partial charge in [0, 0.05) is 23.6 Å². The molecule has 0 aliphatic heterocycles. The maximum absolute atomic E-state index is 5.06. The average Bonchev–Trinajstić information content (AvgIpc) is 2.37. The van der Waals surface area contributed by atoms with Gasteiger partial charge in [0.25, 0.3) is 0 Å². The fourth-order valence-electron chi connectivity index (χ4n) is 1.52. The first-order valence-corrected chi connectivity index (χ1v) is 5.44. The highest BCUT2D eigenvalue weighted by molar-refractivity contribution is 5.45. The van der Waals surface area contributed by atoms with Crippen LogP contribution in [0.2, 0.25) is 0 Å². The Morgan fingerprint density at radius 1 is 1.29 bits per heavy atom. The summed E-state index contributed by atoms with van der Waals surface area (Å²) in [6, 6.07) is 9.75. The molecule has 2 rings (SSSR count). The molecule has 2 aromatic heterocycles. The SMILES string of the molecule is COc1cc(NCc2cccc(C)n2)ccn1. The summed E-state index contributed by atoms with van der Waals surface area (Å²) in [4.78, 5) is 8.47. The van der Waals surface area contributed by atoms with Gasteiger partial charge < -0.3 is 10.1 Å². The van der Waals surface area contributed by atoms with Crippen molar-refractivity contribution in [3.63, 3.8) is 0 Å². The van der Waals surface area contributed by atoms with Crippen LogP contribution in [0, 0.1) is 6.92 Å². The second-order valence-corrected chi connectivity index (χ2v) is 3.71. The van der Waals surface area contributed by atoms with Gasteiger partial charge in [0.15, 0.2) is 0 Å². The number of nitrogens with zero attached hydrogens (tertiary/aromatic N) is 2. The number of aryl methyl sites for hydroxylation is 1. The number of nitrogens with one attached hydrogen (secondary N) is 1. The quantitative estimate of drug-likeness (QED) is 0.874. The lowest BCUT2D eigenvalue weighted by atomic mass is 10.3. The molecule has 0 bridgehead atoms. The first kappa shape index (κ1) is 11.4. The molecule has 2 aromatic rings. The maximum atomic E-state index is 5.06. The van der Waals surface area contributed by atoms with Crippen molar-refractivity contribution >= 4 is 5.69 Å². The summed E-state index contributed by atoms with van der Waals surface area (Å²) < 4.78 is 5.06. The van der Waals surface area contributed by atoms with Crippen LogP contribution in [0.15, 0.2) is 36.5 Å².